The van der Waals surface area contributed by atoms with E-state index in [0.717, 1.165) is 54.4 Å². The molecule has 2 N–H and O–H groups in total. The summed E-state index contributed by atoms with van der Waals surface area (Å²) in [4.78, 5) is 13.5. The topological polar surface area (TPSA) is 85.6 Å². The zero-order valence-electron chi connectivity index (χ0n) is 17.2. The molecule has 0 aromatic heterocycles. The number of nitriles is 1. The van der Waals surface area contributed by atoms with Crippen molar-refractivity contribution in [2.45, 2.75) is 19.0 Å². The van der Waals surface area contributed by atoms with Crippen LogP contribution in [0.4, 0.5) is 0 Å². The van der Waals surface area contributed by atoms with Crippen LogP contribution in [-0.2, 0) is 17.8 Å². The van der Waals surface area contributed by atoms with Crippen LogP contribution in [0, 0.1) is 29.1 Å². The Morgan fingerprint density at radius 3 is 2.42 bits per heavy atom. The highest BCUT2D eigenvalue weighted by molar-refractivity contribution is 6.30. The van der Waals surface area contributed by atoms with Crippen LogP contribution in [0.15, 0.2) is 48.5 Å². The zero-order chi connectivity index (χ0) is 21.8. The average molecular weight is 440 g/mol. The number of carboxylic acids is 1. The molecule has 4 rings (SSSR count). The van der Waals surface area contributed by atoms with Gasteiger partial charge in [0.15, 0.2) is 0 Å². The maximum absolute atomic E-state index is 11.0. The molecular weight excluding hydrogens is 414 g/mol. The summed E-state index contributed by atoms with van der Waals surface area (Å²) in [5.74, 6) is 0.102. The summed E-state index contributed by atoms with van der Waals surface area (Å²) in [5.41, 5.74) is 2.12. The maximum atomic E-state index is 11.0. The Kier molecular flexibility index (Phi) is 6.77. The molecule has 0 radical (unpaired) electrons. The smallest absolute Gasteiger partial charge is 0.321 e. The third-order valence-corrected chi connectivity index (χ3v) is 6.41. The number of carbonyl (C=O) groups is 1. The second kappa shape index (κ2) is 9.69. The fourth-order valence-corrected chi connectivity index (χ4v) is 4.56. The Hall–Kier alpha value is -2.59. The number of hydrogen-bond donors (Lipinski definition) is 2. The highest BCUT2D eigenvalue weighted by atomic mass is 35.5. The van der Waals surface area contributed by atoms with Crippen molar-refractivity contribution in [1.82, 2.24) is 10.2 Å². The number of likely N-dealkylation sites (tertiary alicyclic amines) is 1. The monoisotopic (exact) mass is 439 g/mol. The Labute approximate surface area is 187 Å². The van der Waals surface area contributed by atoms with Crippen molar-refractivity contribution in [3.63, 3.8) is 0 Å². The number of benzene rings is 2. The number of halogens is 1. The number of ether oxygens (including phenoxy) is 1. The Morgan fingerprint density at radius 2 is 1.81 bits per heavy atom. The first-order valence-electron chi connectivity index (χ1n) is 10.6. The van der Waals surface area contributed by atoms with E-state index in [1.54, 1.807) is 0 Å². The fourth-order valence-electron chi connectivity index (χ4n) is 4.43. The highest BCUT2D eigenvalue weighted by Crippen LogP contribution is 2.45. The Morgan fingerprint density at radius 1 is 1.16 bits per heavy atom. The molecule has 4 atom stereocenters. The number of aliphatic carboxylic acids is 1. The molecule has 2 fully saturated rings. The van der Waals surface area contributed by atoms with Crippen LogP contribution >= 0.6 is 11.6 Å². The number of nitrogens with one attached hydrogen (secondary N) is 1. The van der Waals surface area contributed by atoms with Crippen molar-refractivity contribution >= 4 is 17.6 Å². The number of nitrogens with zero attached hydrogens (tertiary/aromatic N) is 2. The van der Waals surface area contributed by atoms with Crippen molar-refractivity contribution in [2.24, 2.45) is 17.8 Å². The van der Waals surface area contributed by atoms with Gasteiger partial charge in [0.05, 0.1) is 6.07 Å². The van der Waals surface area contributed by atoms with E-state index in [-0.39, 0.29) is 6.42 Å². The van der Waals surface area contributed by atoms with Gasteiger partial charge in [-0.1, -0.05) is 35.9 Å². The van der Waals surface area contributed by atoms with Gasteiger partial charge in [-0.15, -0.1) is 0 Å². The van der Waals surface area contributed by atoms with E-state index < -0.39 is 11.9 Å². The third kappa shape index (κ3) is 5.56. The molecule has 1 aliphatic carbocycles. The van der Waals surface area contributed by atoms with Crippen molar-refractivity contribution in [2.75, 3.05) is 26.2 Å². The minimum absolute atomic E-state index is 0.202. The third-order valence-electron chi connectivity index (χ3n) is 6.16. The van der Waals surface area contributed by atoms with Crippen LogP contribution in [0.2, 0.25) is 5.02 Å². The number of hydrogen-bond acceptors (Lipinski definition) is 5. The van der Waals surface area contributed by atoms with Crippen LogP contribution in [0.1, 0.15) is 11.1 Å². The van der Waals surface area contributed by atoms with Crippen LogP contribution in [0.5, 0.6) is 5.75 Å². The number of piperidine rings is 1. The van der Waals surface area contributed by atoms with E-state index in [0.29, 0.717) is 12.6 Å². The number of fused-ring (bicyclic) bond motifs is 1. The largest absolute Gasteiger partial charge is 0.492 e. The summed E-state index contributed by atoms with van der Waals surface area (Å²) >= 11 is 5.96. The first-order chi connectivity index (χ1) is 15.0. The predicted molar refractivity (Wildman–Crippen MR) is 118 cm³/mol. The molecule has 162 valence electrons. The molecule has 2 aromatic rings. The molecule has 2 aliphatic rings. The summed E-state index contributed by atoms with van der Waals surface area (Å²) in [5, 5.41) is 22.2. The lowest BCUT2D eigenvalue weighted by Crippen LogP contribution is -2.33. The average Bonchev–Trinajstić information content (AvgIpc) is 3.21. The van der Waals surface area contributed by atoms with Crippen LogP contribution < -0.4 is 10.1 Å². The summed E-state index contributed by atoms with van der Waals surface area (Å²) < 4.78 is 5.78. The second-order valence-electron chi connectivity index (χ2n) is 8.34. The van der Waals surface area contributed by atoms with Gasteiger partial charge in [0.2, 0.25) is 0 Å². The number of carboxylic acid groups (broad SMARTS) is 1. The van der Waals surface area contributed by atoms with Gasteiger partial charge in [-0.25, -0.2) is 0 Å². The van der Waals surface area contributed by atoms with Gasteiger partial charge >= 0.3 is 5.97 Å². The minimum atomic E-state index is -1.09. The van der Waals surface area contributed by atoms with Gasteiger partial charge in [0, 0.05) is 37.2 Å². The lowest BCUT2D eigenvalue weighted by Gasteiger charge is -2.20. The first-order valence-corrected chi connectivity index (χ1v) is 11.0. The maximum Gasteiger partial charge on any atom is 0.321 e. The lowest BCUT2D eigenvalue weighted by molar-refractivity contribution is -0.139. The molecule has 2 aromatic carbocycles. The molecule has 1 aliphatic heterocycles. The summed E-state index contributed by atoms with van der Waals surface area (Å²) in [6.07, 6.45) is 0.202. The molecule has 2 unspecified atom stereocenters. The second-order valence-corrected chi connectivity index (χ2v) is 8.78. The van der Waals surface area contributed by atoms with E-state index in [2.05, 4.69) is 22.3 Å². The molecule has 0 bridgehead atoms. The number of rotatable bonds is 10. The molecule has 6 nitrogen and oxygen atoms in total. The van der Waals surface area contributed by atoms with Gasteiger partial charge in [-0.2, -0.15) is 5.26 Å². The van der Waals surface area contributed by atoms with Crippen LogP contribution in [-0.4, -0.2) is 48.3 Å². The van der Waals surface area contributed by atoms with Gasteiger partial charge in [-0.3, -0.25) is 9.69 Å². The van der Waals surface area contributed by atoms with Crippen molar-refractivity contribution in [1.29, 1.82) is 5.26 Å². The van der Waals surface area contributed by atoms with E-state index in [1.165, 1.54) is 5.56 Å². The highest BCUT2D eigenvalue weighted by Gasteiger charge is 2.55. The molecule has 1 heterocycles. The zero-order valence-corrected chi connectivity index (χ0v) is 18.0. The first kappa shape index (κ1) is 21.6. The molecule has 7 heteroatoms. The Bertz CT molecular complexity index is 930. The SMILES string of the molecule is N#C[C@H](Cc1ccc(OCCNC2C3CN(Cc4ccc(Cl)cc4)C[C@@H]32)cc1)C(=O)O. The van der Waals surface area contributed by atoms with Crippen molar-refractivity contribution < 1.29 is 14.6 Å². The van der Waals surface area contributed by atoms with E-state index in [1.807, 2.05) is 42.5 Å². The molecular formula is C24H26ClN3O3. The summed E-state index contributed by atoms with van der Waals surface area (Å²) in [6.45, 7) is 4.63. The lowest BCUT2D eigenvalue weighted by atomic mass is 10.0. The van der Waals surface area contributed by atoms with Gasteiger partial charge in [0.25, 0.3) is 0 Å². The molecule has 0 spiro atoms. The molecule has 31 heavy (non-hydrogen) atoms. The van der Waals surface area contributed by atoms with Crippen LogP contribution in [0.25, 0.3) is 0 Å². The van der Waals surface area contributed by atoms with Crippen molar-refractivity contribution in [3.8, 4) is 11.8 Å². The van der Waals surface area contributed by atoms with E-state index in [4.69, 9.17) is 26.7 Å². The van der Waals surface area contributed by atoms with Crippen molar-refractivity contribution in [3.05, 3.63) is 64.7 Å². The van der Waals surface area contributed by atoms with E-state index in [9.17, 15) is 4.79 Å². The minimum Gasteiger partial charge on any atom is -0.492 e. The van der Waals surface area contributed by atoms with Crippen LogP contribution in [0.3, 0.4) is 0 Å². The fraction of sp³-hybridized carbons (Fsp3) is 0.417. The predicted octanol–water partition coefficient (Wildman–Crippen LogP) is 3.21. The van der Waals surface area contributed by atoms with Gasteiger partial charge in [-0.05, 0) is 53.6 Å². The standard InChI is InChI=1S/C24H26ClN3O3/c25-19-5-1-17(2-6-19)13-28-14-21-22(15-28)23(21)27-9-10-31-20-7-3-16(4-8-20)11-18(12-26)24(29)30/h1-8,18,21-23,27H,9-11,13-15H2,(H,29,30)/t18-,21-,22?,23?/m0/s1. The normalized spacial score (nSPS) is 23.0. The van der Waals surface area contributed by atoms with E-state index >= 15 is 0 Å². The molecule has 0 amide bonds. The summed E-state index contributed by atoms with van der Waals surface area (Å²) in [7, 11) is 0. The summed E-state index contributed by atoms with van der Waals surface area (Å²) in [6, 6.07) is 17.8. The quantitative estimate of drug-likeness (QED) is 0.553. The van der Waals surface area contributed by atoms with Gasteiger partial charge in [0.1, 0.15) is 18.3 Å². The molecule has 1 saturated heterocycles. The Balaban J connectivity index is 1.12. The van der Waals surface area contributed by atoms with Gasteiger partial charge < -0.3 is 15.2 Å². The molecule has 1 saturated carbocycles.